The summed E-state index contributed by atoms with van der Waals surface area (Å²) in [5, 5.41) is 0.843. The van der Waals surface area contributed by atoms with Gasteiger partial charge in [-0.1, -0.05) is 6.07 Å². The number of benzene rings is 1. The van der Waals surface area contributed by atoms with E-state index in [0.717, 1.165) is 29.7 Å². The van der Waals surface area contributed by atoms with Gasteiger partial charge in [0, 0.05) is 47.5 Å². The van der Waals surface area contributed by atoms with E-state index < -0.39 is 38.6 Å². The summed E-state index contributed by atoms with van der Waals surface area (Å²) < 4.78 is 67.8. The minimum absolute atomic E-state index is 0.139. The van der Waals surface area contributed by atoms with Crippen LogP contribution in [0.1, 0.15) is 24.3 Å². The maximum Gasteiger partial charge on any atom is 0.226 e. The number of carbonyl (C=O) groups is 1. The van der Waals surface area contributed by atoms with E-state index in [1.807, 2.05) is 0 Å². The molecule has 0 bridgehead atoms. The van der Waals surface area contributed by atoms with Gasteiger partial charge in [-0.15, -0.1) is 11.3 Å². The van der Waals surface area contributed by atoms with Crippen LogP contribution in [0.4, 0.5) is 13.2 Å². The van der Waals surface area contributed by atoms with Gasteiger partial charge in [0.05, 0.1) is 11.8 Å². The van der Waals surface area contributed by atoms with E-state index in [4.69, 9.17) is 0 Å². The molecule has 0 spiro atoms. The smallest absolute Gasteiger partial charge is 0.226 e. The van der Waals surface area contributed by atoms with Crippen molar-refractivity contribution in [3.63, 3.8) is 0 Å². The van der Waals surface area contributed by atoms with E-state index in [1.165, 1.54) is 11.4 Å². The summed E-state index contributed by atoms with van der Waals surface area (Å²) in [4.78, 5) is 14.4. The molecule has 1 N–H and O–H groups in total. The number of rotatable bonds is 6. The van der Waals surface area contributed by atoms with Crippen LogP contribution in [0.2, 0.25) is 0 Å². The Labute approximate surface area is 170 Å². The van der Waals surface area contributed by atoms with Crippen molar-refractivity contribution in [2.24, 2.45) is 5.92 Å². The van der Waals surface area contributed by atoms with Crippen LogP contribution >= 0.6 is 11.3 Å². The fraction of sp³-hybridized carbons (Fsp3) is 0.421. The van der Waals surface area contributed by atoms with E-state index in [2.05, 4.69) is 4.72 Å². The van der Waals surface area contributed by atoms with Crippen molar-refractivity contribution in [2.75, 3.05) is 19.3 Å². The molecule has 2 heterocycles. The molecule has 0 radical (unpaired) electrons. The predicted molar refractivity (Wildman–Crippen MR) is 103 cm³/mol. The molecule has 1 aromatic carbocycles. The van der Waals surface area contributed by atoms with Gasteiger partial charge in [0.1, 0.15) is 11.6 Å². The summed E-state index contributed by atoms with van der Waals surface area (Å²) in [5.74, 6) is -2.63. The molecule has 10 heteroatoms. The van der Waals surface area contributed by atoms with Crippen LogP contribution in [0.15, 0.2) is 23.6 Å². The minimum Gasteiger partial charge on any atom is -0.338 e. The Kier molecular flexibility index (Phi) is 5.20. The van der Waals surface area contributed by atoms with Gasteiger partial charge < -0.3 is 4.90 Å². The fourth-order valence-corrected chi connectivity index (χ4v) is 5.18. The number of hydrogen-bond acceptors (Lipinski definition) is 4. The summed E-state index contributed by atoms with van der Waals surface area (Å²) in [6, 6.07) is 3.25. The van der Waals surface area contributed by atoms with Crippen LogP contribution < -0.4 is 4.72 Å². The highest BCUT2D eigenvalue weighted by Crippen LogP contribution is 2.54. The van der Waals surface area contributed by atoms with E-state index in [0.29, 0.717) is 19.4 Å². The third-order valence-corrected chi connectivity index (χ3v) is 6.97. The Morgan fingerprint density at radius 2 is 1.97 bits per heavy atom. The van der Waals surface area contributed by atoms with Crippen molar-refractivity contribution in [3.8, 4) is 11.1 Å². The molecule has 1 aliphatic heterocycles. The number of sulfonamides is 1. The number of halogens is 3. The fourth-order valence-electron chi connectivity index (χ4n) is 3.83. The molecule has 29 heavy (non-hydrogen) atoms. The van der Waals surface area contributed by atoms with Crippen LogP contribution in [-0.2, 0) is 14.8 Å². The van der Waals surface area contributed by atoms with Crippen LogP contribution in [0.3, 0.4) is 0 Å². The zero-order chi connectivity index (χ0) is 20.9. The summed E-state index contributed by atoms with van der Waals surface area (Å²) in [6.45, 7) is 0.652. The average molecular weight is 445 g/mol. The van der Waals surface area contributed by atoms with Gasteiger partial charge in [-0.3, -0.25) is 4.79 Å². The van der Waals surface area contributed by atoms with Crippen molar-refractivity contribution in [3.05, 3.63) is 45.9 Å². The minimum atomic E-state index is -3.35. The van der Waals surface area contributed by atoms with Gasteiger partial charge in [0.15, 0.2) is 5.13 Å². The number of likely N-dealkylation sites (tertiary alicyclic amines) is 1. The monoisotopic (exact) mass is 444 g/mol. The SMILES string of the molecule is CS(=O)(=O)NC[C@@H]1CCN1C(=O)[C@@H]1C[C@H]1c1c(-c2c(F)cccc2F)csc1F. The molecule has 2 aliphatic rings. The summed E-state index contributed by atoms with van der Waals surface area (Å²) in [5.41, 5.74) is 0.0610. The number of nitrogens with one attached hydrogen (secondary N) is 1. The normalized spacial score (nSPS) is 23.7. The highest BCUT2D eigenvalue weighted by molar-refractivity contribution is 7.88. The van der Waals surface area contributed by atoms with Gasteiger partial charge in [-0.2, -0.15) is 4.39 Å². The standard InChI is InChI=1S/C19H19F3N2O3S2/c1-29(26,27)23-8-10-5-6-24(10)19(25)12-7-11(12)16-13(9-28-18(16)22)17-14(20)3-2-4-15(17)21/h2-4,9-12,23H,5-8H2,1H3/t10-,11+,12+/m0/s1. The average Bonchev–Trinajstić information content (AvgIpc) is 3.29. The number of hydrogen-bond donors (Lipinski definition) is 1. The third-order valence-electron chi connectivity index (χ3n) is 5.50. The molecule has 1 saturated heterocycles. The first-order valence-corrected chi connectivity index (χ1v) is 11.9. The van der Waals surface area contributed by atoms with Gasteiger partial charge in [-0.05, 0) is 25.0 Å². The lowest BCUT2D eigenvalue weighted by Crippen LogP contribution is -2.56. The molecule has 1 aliphatic carbocycles. The van der Waals surface area contributed by atoms with Crippen LogP contribution in [-0.4, -0.2) is 44.6 Å². The van der Waals surface area contributed by atoms with Crippen LogP contribution in [0.5, 0.6) is 0 Å². The molecule has 1 aromatic heterocycles. The van der Waals surface area contributed by atoms with Crippen molar-refractivity contribution in [1.29, 1.82) is 0 Å². The summed E-state index contributed by atoms with van der Waals surface area (Å²) in [7, 11) is -3.35. The second kappa shape index (κ2) is 7.41. The van der Waals surface area contributed by atoms with E-state index in [9.17, 15) is 26.4 Å². The highest BCUT2D eigenvalue weighted by Gasteiger charge is 2.51. The van der Waals surface area contributed by atoms with Crippen molar-refractivity contribution in [2.45, 2.75) is 24.8 Å². The maximum atomic E-state index is 14.5. The lowest BCUT2D eigenvalue weighted by molar-refractivity contribution is -0.140. The zero-order valence-electron chi connectivity index (χ0n) is 15.5. The van der Waals surface area contributed by atoms with Gasteiger partial charge in [0.2, 0.25) is 15.9 Å². The Hall–Kier alpha value is -1.91. The molecule has 0 unspecified atom stereocenters. The molecule has 5 nitrogen and oxygen atoms in total. The Bertz CT molecular complexity index is 1050. The van der Waals surface area contributed by atoms with E-state index in [-0.39, 0.29) is 35.2 Å². The van der Waals surface area contributed by atoms with Crippen LogP contribution in [0.25, 0.3) is 11.1 Å². The van der Waals surface area contributed by atoms with Crippen molar-refractivity contribution < 1.29 is 26.4 Å². The zero-order valence-corrected chi connectivity index (χ0v) is 17.1. The van der Waals surface area contributed by atoms with Gasteiger partial charge >= 0.3 is 0 Å². The van der Waals surface area contributed by atoms with Crippen molar-refractivity contribution >= 4 is 27.3 Å². The van der Waals surface area contributed by atoms with Crippen LogP contribution in [0, 0.1) is 22.7 Å². The molecule has 1 saturated carbocycles. The summed E-state index contributed by atoms with van der Waals surface area (Å²) >= 11 is 0.763. The van der Waals surface area contributed by atoms with E-state index in [1.54, 1.807) is 4.90 Å². The predicted octanol–water partition coefficient (Wildman–Crippen LogP) is 3.09. The number of amides is 1. The number of thiophene rings is 1. The maximum absolute atomic E-state index is 14.5. The molecule has 1 amide bonds. The lowest BCUT2D eigenvalue weighted by atomic mass is 9.98. The molecular weight excluding hydrogens is 425 g/mol. The molecule has 3 atom stereocenters. The lowest BCUT2D eigenvalue weighted by Gasteiger charge is -2.41. The van der Waals surface area contributed by atoms with Crippen molar-refractivity contribution in [1.82, 2.24) is 9.62 Å². The molecule has 2 fully saturated rings. The van der Waals surface area contributed by atoms with E-state index >= 15 is 0 Å². The quantitative estimate of drug-likeness (QED) is 0.745. The third kappa shape index (κ3) is 3.93. The molecular formula is C19H19F3N2O3S2. The number of carbonyl (C=O) groups excluding carboxylic acids is 1. The first kappa shape index (κ1) is 20.4. The first-order chi connectivity index (χ1) is 13.7. The largest absolute Gasteiger partial charge is 0.338 e. The highest BCUT2D eigenvalue weighted by atomic mass is 32.2. The topological polar surface area (TPSA) is 66.5 Å². The second-order valence-electron chi connectivity index (χ2n) is 7.48. The Morgan fingerprint density at radius 1 is 1.28 bits per heavy atom. The number of nitrogens with zero attached hydrogens (tertiary/aromatic N) is 1. The first-order valence-electron chi connectivity index (χ1n) is 9.13. The Morgan fingerprint density at radius 3 is 2.55 bits per heavy atom. The van der Waals surface area contributed by atoms with Gasteiger partial charge in [0.25, 0.3) is 0 Å². The summed E-state index contributed by atoms with van der Waals surface area (Å²) in [6.07, 6.45) is 2.14. The van der Waals surface area contributed by atoms with Gasteiger partial charge in [-0.25, -0.2) is 21.9 Å². The molecule has 4 rings (SSSR count). The second-order valence-corrected chi connectivity index (χ2v) is 10.1. The molecule has 156 valence electrons. The molecule has 2 aromatic rings. The Balaban J connectivity index is 1.52.